The molecule has 1 amide bonds. The number of carbonyl (C=O) groups excluding carboxylic acids is 1. The Kier molecular flexibility index (Phi) is 7.72. The largest absolute Gasteiger partial charge is 0.493 e. The van der Waals surface area contributed by atoms with Gasteiger partial charge in [0.15, 0.2) is 0 Å². The maximum Gasteiger partial charge on any atom is 0.263 e. The molecule has 1 heterocycles. The van der Waals surface area contributed by atoms with Gasteiger partial charge in [-0.25, -0.2) is 0 Å². The summed E-state index contributed by atoms with van der Waals surface area (Å²) >= 11 is 6.29. The Morgan fingerprint density at radius 2 is 1.93 bits per heavy atom. The van der Waals surface area contributed by atoms with E-state index in [-0.39, 0.29) is 5.91 Å². The first kappa shape index (κ1) is 21.4. The van der Waals surface area contributed by atoms with Crippen LogP contribution in [0.4, 0.5) is 0 Å². The number of ether oxygens (including phenoxy) is 2. The van der Waals surface area contributed by atoms with Crippen molar-refractivity contribution in [2.75, 3.05) is 13.2 Å². The third-order valence-corrected chi connectivity index (χ3v) is 5.84. The molecule has 2 aromatic rings. The van der Waals surface area contributed by atoms with Crippen LogP contribution in [-0.2, 0) is 4.79 Å². The SMILES string of the molecule is CCC(C)c1ccccc1OCCCOc1cccc(/C=C2/SC(=S)NC2=O)c1. The lowest BCUT2D eigenvalue weighted by molar-refractivity contribution is -0.115. The molecule has 1 unspecified atom stereocenters. The van der Waals surface area contributed by atoms with Gasteiger partial charge in [-0.2, -0.15) is 0 Å². The maximum absolute atomic E-state index is 11.8. The van der Waals surface area contributed by atoms with E-state index in [1.54, 1.807) is 0 Å². The summed E-state index contributed by atoms with van der Waals surface area (Å²) in [5.41, 5.74) is 2.16. The van der Waals surface area contributed by atoms with Crippen LogP contribution in [0.2, 0.25) is 0 Å². The molecule has 1 aliphatic heterocycles. The molecule has 0 aliphatic carbocycles. The first-order chi connectivity index (χ1) is 14.1. The van der Waals surface area contributed by atoms with Crippen molar-refractivity contribution >= 4 is 40.3 Å². The molecule has 0 aromatic heterocycles. The molecule has 3 rings (SSSR count). The van der Waals surface area contributed by atoms with E-state index in [1.807, 2.05) is 42.5 Å². The second-order valence-electron chi connectivity index (χ2n) is 6.82. The summed E-state index contributed by atoms with van der Waals surface area (Å²) in [6.07, 6.45) is 3.69. The van der Waals surface area contributed by atoms with Crippen LogP contribution < -0.4 is 14.8 Å². The number of benzene rings is 2. The molecule has 6 heteroatoms. The molecule has 0 saturated carbocycles. The van der Waals surface area contributed by atoms with Gasteiger partial charge >= 0.3 is 0 Å². The quantitative estimate of drug-likeness (QED) is 0.324. The number of hydrogen-bond donors (Lipinski definition) is 1. The van der Waals surface area contributed by atoms with Gasteiger partial charge in [0.25, 0.3) is 5.91 Å². The Balaban J connectivity index is 1.49. The summed E-state index contributed by atoms with van der Waals surface area (Å²) in [6.45, 7) is 5.57. The number of thioether (sulfide) groups is 1. The van der Waals surface area contributed by atoms with Crippen LogP contribution in [0.15, 0.2) is 53.4 Å². The second-order valence-corrected chi connectivity index (χ2v) is 8.54. The Morgan fingerprint density at radius 3 is 2.69 bits per heavy atom. The molecular formula is C23H25NO3S2. The standard InChI is InChI=1S/C23H25NO3S2/c1-3-16(2)19-10-4-5-11-20(19)27-13-7-12-26-18-9-6-8-17(14-18)15-21-22(25)24-23(28)29-21/h4-6,8-11,14-16H,3,7,12-13H2,1-2H3,(H,24,25,28)/b21-15+. The van der Waals surface area contributed by atoms with E-state index in [2.05, 4.69) is 31.3 Å². The minimum absolute atomic E-state index is 0.152. The number of amides is 1. The third kappa shape index (κ3) is 6.08. The molecule has 4 nitrogen and oxygen atoms in total. The first-order valence-corrected chi connectivity index (χ1v) is 11.0. The normalized spacial score (nSPS) is 16.0. The minimum atomic E-state index is -0.152. The third-order valence-electron chi connectivity index (χ3n) is 4.68. The molecule has 1 atom stereocenters. The van der Waals surface area contributed by atoms with Gasteiger partial charge < -0.3 is 14.8 Å². The van der Waals surface area contributed by atoms with E-state index in [0.717, 1.165) is 29.9 Å². The molecule has 0 spiro atoms. The zero-order chi connectivity index (χ0) is 20.6. The lowest BCUT2D eigenvalue weighted by atomic mass is 9.98. The van der Waals surface area contributed by atoms with Gasteiger partial charge in [-0.3, -0.25) is 4.79 Å². The molecular weight excluding hydrogens is 402 g/mol. The van der Waals surface area contributed by atoms with Crippen molar-refractivity contribution in [2.24, 2.45) is 0 Å². The van der Waals surface area contributed by atoms with Gasteiger partial charge in [-0.05, 0) is 47.7 Å². The van der Waals surface area contributed by atoms with Crippen LogP contribution in [-0.4, -0.2) is 23.4 Å². The van der Waals surface area contributed by atoms with Crippen LogP contribution in [0.25, 0.3) is 6.08 Å². The molecule has 152 valence electrons. The van der Waals surface area contributed by atoms with Gasteiger partial charge in [0.2, 0.25) is 0 Å². The van der Waals surface area contributed by atoms with Crippen molar-refractivity contribution < 1.29 is 14.3 Å². The molecule has 2 aromatic carbocycles. The monoisotopic (exact) mass is 427 g/mol. The number of rotatable bonds is 9. The number of nitrogens with one attached hydrogen (secondary N) is 1. The van der Waals surface area contributed by atoms with Crippen LogP contribution in [0.3, 0.4) is 0 Å². The Labute approximate surface area is 181 Å². The fraction of sp³-hybridized carbons (Fsp3) is 0.304. The average Bonchev–Trinajstić information content (AvgIpc) is 3.04. The van der Waals surface area contributed by atoms with E-state index >= 15 is 0 Å². The fourth-order valence-corrected chi connectivity index (χ4v) is 3.98. The van der Waals surface area contributed by atoms with Crippen molar-refractivity contribution in [3.05, 3.63) is 64.6 Å². The average molecular weight is 428 g/mol. The number of para-hydroxylation sites is 1. The van der Waals surface area contributed by atoms with Gasteiger partial charge in [-0.1, -0.05) is 68.2 Å². The smallest absolute Gasteiger partial charge is 0.263 e. The Bertz CT molecular complexity index is 911. The summed E-state index contributed by atoms with van der Waals surface area (Å²) in [7, 11) is 0. The van der Waals surface area contributed by atoms with Gasteiger partial charge in [0.05, 0.1) is 18.1 Å². The Morgan fingerprint density at radius 1 is 1.14 bits per heavy atom. The van der Waals surface area contributed by atoms with Gasteiger partial charge in [0, 0.05) is 6.42 Å². The molecule has 1 N–H and O–H groups in total. The van der Waals surface area contributed by atoms with Crippen molar-refractivity contribution in [1.82, 2.24) is 5.32 Å². The van der Waals surface area contributed by atoms with E-state index in [9.17, 15) is 4.79 Å². The zero-order valence-electron chi connectivity index (χ0n) is 16.6. The van der Waals surface area contributed by atoms with Crippen LogP contribution in [0.1, 0.15) is 43.7 Å². The highest BCUT2D eigenvalue weighted by molar-refractivity contribution is 8.26. The highest BCUT2D eigenvalue weighted by Crippen LogP contribution is 2.29. The van der Waals surface area contributed by atoms with Crippen LogP contribution in [0.5, 0.6) is 11.5 Å². The van der Waals surface area contributed by atoms with Crippen molar-refractivity contribution in [2.45, 2.75) is 32.6 Å². The molecule has 0 bridgehead atoms. The summed E-state index contributed by atoms with van der Waals surface area (Å²) in [5.74, 6) is 2.06. The molecule has 1 fully saturated rings. The number of hydrogen-bond acceptors (Lipinski definition) is 5. The minimum Gasteiger partial charge on any atom is -0.493 e. The lowest BCUT2D eigenvalue weighted by Crippen LogP contribution is -2.17. The molecule has 29 heavy (non-hydrogen) atoms. The predicted molar refractivity (Wildman–Crippen MR) is 124 cm³/mol. The summed E-state index contributed by atoms with van der Waals surface area (Å²) in [6, 6.07) is 15.9. The number of thiocarbonyl (C=S) groups is 1. The maximum atomic E-state index is 11.8. The second kappa shape index (κ2) is 10.5. The summed E-state index contributed by atoms with van der Waals surface area (Å²) in [5, 5.41) is 2.62. The highest BCUT2D eigenvalue weighted by Gasteiger charge is 2.21. The first-order valence-electron chi connectivity index (χ1n) is 9.76. The Hall–Kier alpha value is -2.31. The predicted octanol–water partition coefficient (Wildman–Crippen LogP) is 5.54. The van der Waals surface area contributed by atoms with Gasteiger partial charge in [0.1, 0.15) is 15.8 Å². The molecule has 1 aliphatic rings. The molecule has 0 radical (unpaired) electrons. The van der Waals surface area contributed by atoms with Gasteiger partial charge in [-0.15, -0.1) is 0 Å². The topological polar surface area (TPSA) is 47.6 Å². The number of carbonyl (C=O) groups is 1. The lowest BCUT2D eigenvalue weighted by Gasteiger charge is -2.15. The molecule has 1 saturated heterocycles. The van der Waals surface area contributed by atoms with E-state index in [4.69, 9.17) is 21.7 Å². The van der Waals surface area contributed by atoms with E-state index < -0.39 is 0 Å². The fourth-order valence-electron chi connectivity index (χ4n) is 2.94. The zero-order valence-corrected chi connectivity index (χ0v) is 18.3. The van der Waals surface area contributed by atoms with E-state index in [1.165, 1.54) is 17.3 Å². The highest BCUT2D eigenvalue weighted by atomic mass is 32.2. The van der Waals surface area contributed by atoms with Crippen LogP contribution in [0, 0.1) is 0 Å². The van der Waals surface area contributed by atoms with E-state index in [0.29, 0.717) is 28.4 Å². The summed E-state index contributed by atoms with van der Waals surface area (Å²) in [4.78, 5) is 12.4. The van der Waals surface area contributed by atoms with Crippen molar-refractivity contribution in [3.63, 3.8) is 0 Å². The van der Waals surface area contributed by atoms with Crippen molar-refractivity contribution in [1.29, 1.82) is 0 Å². The summed E-state index contributed by atoms with van der Waals surface area (Å²) < 4.78 is 12.3. The van der Waals surface area contributed by atoms with Crippen molar-refractivity contribution in [3.8, 4) is 11.5 Å². The van der Waals surface area contributed by atoms with Crippen LogP contribution >= 0.6 is 24.0 Å².